The molecule has 0 spiro atoms. The second-order valence-corrected chi connectivity index (χ2v) is 7.74. The van der Waals surface area contributed by atoms with Gasteiger partial charge in [-0.25, -0.2) is 4.99 Å². The Labute approximate surface area is 176 Å². The van der Waals surface area contributed by atoms with Crippen molar-refractivity contribution in [3.63, 3.8) is 0 Å². The van der Waals surface area contributed by atoms with Crippen molar-refractivity contribution in [1.29, 1.82) is 0 Å². The first-order chi connectivity index (χ1) is 12.1. The van der Waals surface area contributed by atoms with Gasteiger partial charge in [-0.05, 0) is 52.1 Å². The van der Waals surface area contributed by atoms with Crippen LogP contribution in [-0.2, 0) is 4.79 Å². The Morgan fingerprint density at radius 1 is 1.15 bits per heavy atom. The summed E-state index contributed by atoms with van der Waals surface area (Å²) in [6, 6.07) is 1.10. The molecule has 1 aliphatic carbocycles. The second-order valence-electron chi connectivity index (χ2n) is 7.74. The van der Waals surface area contributed by atoms with Gasteiger partial charge in [-0.3, -0.25) is 4.79 Å². The van der Waals surface area contributed by atoms with Crippen LogP contribution in [0.1, 0.15) is 58.3 Å². The van der Waals surface area contributed by atoms with Crippen LogP contribution in [0.15, 0.2) is 4.99 Å². The summed E-state index contributed by atoms with van der Waals surface area (Å²) in [5, 5.41) is 6.97. The average Bonchev–Trinajstić information content (AvgIpc) is 3.12. The van der Waals surface area contributed by atoms with Crippen molar-refractivity contribution in [1.82, 2.24) is 20.4 Å². The number of likely N-dealkylation sites (N-methyl/N-ethyl adjacent to an activating group) is 1. The Morgan fingerprint density at radius 2 is 1.81 bits per heavy atom. The number of halogens is 1. The van der Waals surface area contributed by atoms with Gasteiger partial charge >= 0.3 is 0 Å². The summed E-state index contributed by atoms with van der Waals surface area (Å²) in [4.78, 5) is 20.5. The summed E-state index contributed by atoms with van der Waals surface area (Å²) in [5.74, 6) is 0.835. The van der Waals surface area contributed by atoms with Crippen LogP contribution in [0.4, 0.5) is 0 Å². The Kier molecular flexibility index (Phi) is 11.5. The second kappa shape index (κ2) is 12.8. The van der Waals surface area contributed by atoms with E-state index in [2.05, 4.69) is 27.4 Å². The van der Waals surface area contributed by atoms with E-state index in [1.807, 2.05) is 0 Å². The molecule has 2 N–H and O–H groups in total. The van der Waals surface area contributed by atoms with Crippen LogP contribution in [0.25, 0.3) is 0 Å². The molecule has 1 atom stereocenters. The summed E-state index contributed by atoms with van der Waals surface area (Å²) in [6.07, 6.45) is 10.1. The molecule has 6 nitrogen and oxygen atoms in total. The zero-order valence-electron chi connectivity index (χ0n) is 16.8. The fourth-order valence-electron chi connectivity index (χ4n) is 3.65. The van der Waals surface area contributed by atoms with Crippen LogP contribution >= 0.6 is 24.0 Å². The van der Waals surface area contributed by atoms with Gasteiger partial charge in [-0.15, -0.1) is 24.0 Å². The molecular weight excluding hydrogens is 441 g/mol. The van der Waals surface area contributed by atoms with Crippen molar-refractivity contribution in [2.75, 3.05) is 40.3 Å². The zero-order valence-corrected chi connectivity index (χ0v) is 19.1. The van der Waals surface area contributed by atoms with E-state index in [0.29, 0.717) is 12.1 Å². The van der Waals surface area contributed by atoms with Gasteiger partial charge in [-0.2, -0.15) is 0 Å². The predicted octanol–water partition coefficient (Wildman–Crippen LogP) is 2.43. The summed E-state index contributed by atoms with van der Waals surface area (Å²) < 4.78 is 0. The molecule has 1 heterocycles. The molecule has 26 heavy (non-hydrogen) atoms. The van der Waals surface area contributed by atoms with Crippen molar-refractivity contribution in [2.24, 2.45) is 4.99 Å². The third-order valence-electron chi connectivity index (χ3n) is 5.44. The van der Waals surface area contributed by atoms with Crippen molar-refractivity contribution in [2.45, 2.75) is 70.4 Å². The monoisotopic (exact) mass is 479 g/mol. The first-order valence-electron chi connectivity index (χ1n) is 10.1. The van der Waals surface area contributed by atoms with Gasteiger partial charge in [0, 0.05) is 32.7 Å². The molecule has 1 aliphatic heterocycles. The average molecular weight is 479 g/mol. The minimum atomic E-state index is 0. The van der Waals surface area contributed by atoms with Gasteiger partial charge in [0.25, 0.3) is 0 Å². The lowest BCUT2D eigenvalue weighted by Gasteiger charge is -2.32. The van der Waals surface area contributed by atoms with E-state index in [1.54, 1.807) is 19.0 Å². The van der Waals surface area contributed by atoms with Gasteiger partial charge in [0.15, 0.2) is 5.96 Å². The lowest BCUT2D eigenvalue weighted by molar-refractivity contribution is -0.127. The quantitative estimate of drug-likeness (QED) is 0.335. The molecule has 1 unspecified atom stereocenters. The maximum Gasteiger partial charge on any atom is 0.243 e. The molecule has 2 rings (SSSR count). The van der Waals surface area contributed by atoms with E-state index >= 15 is 0 Å². The third-order valence-corrected chi connectivity index (χ3v) is 5.44. The van der Waals surface area contributed by atoms with Crippen molar-refractivity contribution in [3.05, 3.63) is 0 Å². The number of piperidine rings is 1. The third kappa shape index (κ3) is 8.41. The fourth-order valence-corrected chi connectivity index (χ4v) is 3.65. The van der Waals surface area contributed by atoms with Crippen LogP contribution in [0, 0.1) is 0 Å². The Hall–Kier alpha value is -0.570. The molecule has 0 bridgehead atoms. The predicted molar refractivity (Wildman–Crippen MR) is 119 cm³/mol. The molecule has 1 saturated heterocycles. The van der Waals surface area contributed by atoms with Crippen LogP contribution in [-0.4, -0.2) is 74.0 Å². The Bertz CT molecular complexity index is 432. The molecule has 0 aromatic carbocycles. The summed E-state index contributed by atoms with van der Waals surface area (Å²) in [5.41, 5.74) is 0. The van der Waals surface area contributed by atoms with Gasteiger partial charge in [0.05, 0.1) is 0 Å². The minimum absolute atomic E-state index is 0. The smallest absolute Gasteiger partial charge is 0.243 e. The highest BCUT2D eigenvalue weighted by Gasteiger charge is 2.18. The number of rotatable bonds is 7. The van der Waals surface area contributed by atoms with E-state index in [-0.39, 0.29) is 36.4 Å². The summed E-state index contributed by atoms with van der Waals surface area (Å²) >= 11 is 0. The highest BCUT2D eigenvalue weighted by atomic mass is 127. The molecule has 7 heteroatoms. The lowest BCUT2D eigenvalue weighted by atomic mass is 10.1. The number of aliphatic imine (C=N–C) groups is 1. The van der Waals surface area contributed by atoms with Gasteiger partial charge in [0.1, 0.15) is 6.54 Å². The van der Waals surface area contributed by atoms with Crippen LogP contribution < -0.4 is 10.6 Å². The number of hydrogen-bond donors (Lipinski definition) is 2. The van der Waals surface area contributed by atoms with Crippen LogP contribution in [0.3, 0.4) is 0 Å². The molecule has 2 fully saturated rings. The Morgan fingerprint density at radius 3 is 2.42 bits per heavy atom. The van der Waals surface area contributed by atoms with Gasteiger partial charge < -0.3 is 20.4 Å². The van der Waals surface area contributed by atoms with Crippen molar-refractivity contribution >= 4 is 35.8 Å². The van der Waals surface area contributed by atoms with Crippen molar-refractivity contribution in [3.8, 4) is 0 Å². The zero-order chi connectivity index (χ0) is 18.1. The SMILES string of the molecule is CC(CCNC(=NCC(=O)N(C)C)NC1CCCC1)N1CCCCC1.I. The molecular formula is C19H38IN5O. The maximum atomic E-state index is 11.8. The number of guanidine groups is 1. The molecule has 1 saturated carbocycles. The first kappa shape index (κ1) is 23.5. The number of carbonyl (C=O) groups excluding carboxylic acids is 1. The fraction of sp³-hybridized carbons (Fsp3) is 0.895. The number of amides is 1. The van der Waals surface area contributed by atoms with E-state index in [4.69, 9.17) is 0 Å². The molecule has 0 aromatic heterocycles. The lowest BCUT2D eigenvalue weighted by Crippen LogP contribution is -2.45. The number of likely N-dealkylation sites (tertiary alicyclic amines) is 1. The number of nitrogens with one attached hydrogen (secondary N) is 2. The van der Waals surface area contributed by atoms with Crippen molar-refractivity contribution < 1.29 is 4.79 Å². The van der Waals surface area contributed by atoms with E-state index in [9.17, 15) is 4.79 Å². The molecule has 1 amide bonds. The molecule has 2 aliphatic rings. The summed E-state index contributed by atoms with van der Waals surface area (Å²) in [6.45, 7) is 5.90. The molecule has 152 valence electrons. The molecule has 0 radical (unpaired) electrons. The van der Waals surface area contributed by atoms with Gasteiger partial charge in [0.2, 0.25) is 5.91 Å². The highest BCUT2D eigenvalue weighted by molar-refractivity contribution is 14.0. The number of nitrogens with zero attached hydrogens (tertiary/aromatic N) is 3. The number of hydrogen-bond acceptors (Lipinski definition) is 3. The summed E-state index contributed by atoms with van der Waals surface area (Å²) in [7, 11) is 3.55. The topological polar surface area (TPSA) is 60.0 Å². The standard InChI is InChI=1S/C19H37N5O.HI/c1-16(24-13-7-4-8-14-24)11-12-20-19(21-15-18(25)23(2)3)22-17-9-5-6-10-17;/h16-17H,4-15H2,1-3H3,(H2,20,21,22);1H. The van der Waals surface area contributed by atoms with E-state index in [0.717, 1.165) is 18.9 Å². The largest absolute Gasteiger partial charge is 0.356 e. The van der Waals surface area contributed by atoms with Crippen LogP contribution in [0.5, 0.6) is 0 Å². The molecule has 0 aromatic rings. The van der Waals surface area contributed by atoms with E-state index in [1.165, 1.54) is 58.0 Å². The number of carbonyl (C=O) groups is 1. The normalized spacial score (nSPS) is 20.3. The van der Waals surface area contributed by atoms with Crippen LogP contribution in [0.2, 0.25) is 0 Å². The Balaban J connectivity index is 0.00000338. The minimum Gasteiger partial charge on any atom is -0.356 e. The maximum absolute atomic E-state index is 11.8. The van der Waals surface area contributed by atoms with E-state index < -0.39 is 0 Å². The van der Waals surface area contributed by atoms with Gasteiger partial charge in [-0.1, -0.05) is 19.3 Å². The first-order valence-corrected chi connectivity index (χ1v) is 10.1. The highest BCUT2D eigenvalue weighted by Crippen LogP contribution is 2.17.